The van der Waals surface area contributed by atoms with Crippen LogP contribution in [0.3, 0.4) is 0 Å². The van der Waals surface area contributed by atoms with E-state index in [2.05, 4.69) is 13.0 Å². The molecular weight excluding hydrogens is 364 g/mol. The molecule has 3 atom stereocenters. The second-order valence-corrected chi connectivity index (χ2v) is 8.26. The largest absolute Gasteiger partial charge is 0.390 e. The number of carbonyl (C=O) groups excluding carboxylic acids is 2. The quantitative estimate of drug-likeness (QED) is 0.277. The number of rotatable bonds is 16. The highest BCUT2D eigenvalue weighted by Gasteiger charge is 2.28. The van der Waals surface area contributed by atoms with Crippen LogP contribution in [-0.4, -0.2) is 34.0 Å². The smallest absolute Gasteiger partial charge is 0.159 e. The van der Waals surface area contributed by atoms with Gasteiger partial charge < -0.3 is 10.2 Å². The maximum Gasteiger partial charge on any atom is 0.159 e. The summed E-state index contributed by atoms with van der Waals surface area (Å²) in [6.45, 7) is 3.84. The van der Waals surface area contributed by atoms with Crippen LogP contribution in [-0.2, 0) is 9.59 Å². The van der Waals surface area contributed by atoms with E-state index in [1.807, 2.05) is 31.2 Å². The molecule has 1 aliphatic carbocycles. The van der Waals surface area contributed by atoms with Gasteiger partial charge in [-0.15, -0.1) is 0 Å². The van der Waals surface area contributed by atoms with Crippen LogP contribution in [0.2, 0.25) is 0 Å². The first kappa shape index (κ1) is 25.5. The number of allylic oxidation sites excluding steroid dienone is 5. The number of carbonyl (C=O) groups is 2. The Labute approximate surface area is 176 Å². The van der Waals surface area contributed by atoms with Gasteiger partial charge in [-0.05, 0) is 44.6 Å². The minimum Gasteiger partial charge on any atom is -0.390 e. The Balaban J connectivity index is 2.45. The minimum absolute atomic E-state index is 0.0687. The second kappa shape index (κ2) is 14.5. The molecule has 0 aliphatic heterocycles. The molecule has 164 valence electrons. The highest BCUT2D eigenvalue weighted by atomic mass is 16.3. The molecule has 0 aromatic heterocycles. The van der Waals surface area contributed by atoms with Gasteiger partial charge in [0.1, 0.15) is 6.61 Å². The molecule has 1 aliphatic rings. The van der Waals surface area contributed by atoms with Gasteiger partial charge >= 0.3 is 0 Å². The SMILES string of the molecule is CCCCCCC(O)(CC)CC=C[C@H]1C=CC(=O)[C@@H]1CC=CCCCC(=O)CO. The Morgan fingerprint density at radius 1 is 1.14 bits per heavy atom. The molecule has 0 fully saturated rings. The van der Waals surface area contributed by atoms with Crippen LogP contribution in [0.1, 0.15) is 84.5 Å². The summed E-state index contributed by atoms with van der Waals surface area (Å²) in [5.41, 5.74) is -0.641. The van der Waals surface area contributed by atoms with Gasteiger partial charge in [0.05, 0.1) is 5.60 Å². The fraction of sp³-hybridized carbons (Fsp3) is 0.680. The zero-order valence-corrected chi connectivity index (χ0v) is 18.3. The van der Waals surface area contributed by atoms with Gasteiger partial charge in [-0.1, -0.05) is 69.9 Å². The van der Waals surface area contributed by atoms with Crippen LogP contribution in [0.15, 0.2) is 36.5 Å². The summed E-state index contributed by atoms with van der Waals surface area (Å²) < 4.78 is 0. The van der Waals surface area contributed by atoms with E-state index in [9.17, 15) is 14.7 Å². The van der Waals surface area contributed by atoms with Crippen molar-refractivity contribution < 1.29 is 19.8 Å². The maximum atomic E-state index is 12.2. The fourth-order valence-electron chi connectivity index (χ4n) is 3.73. The first-order valence-electron chi connectivity index (χ1n) is 11.3. The first-order valence-corrected chi connectivity index (χ1v) is 11.3. The van der Waals surface area contributed by atoms with Gasteiger partial charge in [0.25, 0.3) is 0 Å². The third-order valence-corrected chi connectivity index (χ3v) is 5.88. The van der Waals surface area contributed by atoms with Crippen molar-refractivity contribution in [2.24, 2.45) is 11.8 Å². The molecule has 0 radical (unpaired) electrons. The summed E-state index contributed by atoms with van der Waals surface area (Å²) >= 11 is 0. The number of Topliss-reactive ketones (excluding diaryl/α,β-unsaturated/α-hetero) is 1. The van der Waals surface area contributed by atoms with Crippen molar-refractivity contribution in [3.63, 3.8) is 0 Å². The van der Waals surface area contributed by atoms with Gasteiger partial charge in [-0.2, -0.15) is 0 Å². The first-order chi connectivity index (χ1) is 14.0. The summed E-state index contributed by atoms with van der Waals surface area (Å²) in [4.78, 5) is 23.2. The predicted octanol–water partition coefficient (Wildman–Crippen LogP) is 5.09. The highest BCUT2D eigenvalue weighted by molar-refractivity contribution is 5.95. The predicted molar refractivity (Wildman–Crippen MR) is 119 cm³/mol. The molecule has 0 amide bonds. The van der Waals surface area contributed by atoms with Crippen molar-refractivity contribution in [2.45, 2.75) is 90.1 Å². The van der Waals surface area contributed by atoms with E-state index in [1.54, 1.807) is 6.08 Å². The van der Waals surface area contributed by atoms with Gasteiger partial charge in [0.2, 0.25) is 0 Å². The van der Waals surface area contributed by atoms with Crippen molar-refractivity contribution in [3.05, 3.63) is 36.5 Å². The lowest BCUT2D eigenvalue weighted by molar-refractivity contribution is -0.121. The highest BCUT2D eigenvalue weighted by Crippen LogP contribution is 2.29. The van der Waals surface area contributed by atoms with Crippen LogP contribution in [0.25, 0.3) is 0 Å². The summed E-state index contributed by atoms with van der Waals surface area (Å²) in [7, 11) is 0. The number of hydrogen-bond acceptors (Lipinski definition) is 4. The lowest BCUT2D eigenvalue weighted by Gasteiger charge is -2.25. The van der Waals surface area contributed by atoms with Crippen LogP contribution in [0.5, 0.6) is 0 Å². The van der Waals surface area contributed by atoms with E-state index in [4.69, 9.17) is 5.11 Å². The zero-order valence-electron chi connectivity index (χ0n) is 18.3. The monoisotopic (exact) mass is 404 g/mol. The molecule has 0 bridgehead atoms. The van der Waals surface area contributed by atoms with E-state index in [0.717, 1.165) is 32.1 Å². The average molecular weight is 405 g/mol. The molecule has 0 spiro atoms. The van der Waals surface area contributed by atoms with Crippen molar-refractivity contribution >= 4 is 11.6 Å². The topological polar surface area (TPSA) is 74.6 Å². The van der Waals surface area contributed by atoms with Crippen LogP contribution < -0.4 is 0 Å². The molecule has 29 heavy (non-hydrogen) atoms. The summed E-state index contributed by atoms with van der Waals surface area (Å²) in [6.07, 6.45) is 21.2. The van der Waals surface area contributed by atoms with Crippen molar-refractivity contribution in [1.82, 2.24) is 0 Å². The van der Waals surface area contributed by atoms with Crippen molar-refractivity contribution in [3.8, 4) is 0 Å². The van der Waals surface area contributed by atoms with E-state index >= 15 is 0 Å². The van der Waals surface area contributed by atoms with Gasteiger partial charge in [-0.25, -0.2) is 0 Å². The van der Waals surface area contributed by atoms with Gasteiger partial charge in [0.15, 0.2) is 11.6 Å². The van der Waals surface area contributed by atoms with Crippen LogP contribution in [0.4, 0.5) is 0 Å². The zero-order chi connectivity index (χ0) is 21.5. The molecule has 0 saturated carbocycles. The molecule has 1 rings (SSSR count). The van der Waals surface area contributed by atoms with Crippen LogP contribution in [0, 0.1) is 11.8 Å². The fourth-order valence-corrected chi connectivity index (χ4v) is 3.73. The molecule has 4 nitrogen and oxygen atoms in total. The number of hydrogen-bond donors (Lipinski definition) is 2. The Hall–Kier alpha value is -1.52. The molecule has 4 heteroatoms. The summed E-state index contributed by atoms with van der Waals surface area (Å²) in [6, 6.07) is 0. The lowest BCUT2D eigenvalue weighted by atomic mass is 9.87. The lowest BCUT2D eigenvalue weighted by Crippen LogP contribution is -2.26. The number of ketones is 2. The Bertz CT molecular complexity index is 575. The van der Waals surface area contributed by atoms with E-state index < -0.39 is 5.60 Å². The molecular formula is C25H40O4. The number of aliphatic hydroxyl groups excluding tert-OH is 1. The van der Waals surface area contributed by atoms with E-state index in [1.165, 1.54) is 19.3 Å². The molecule has 0 saturated heterocycles. The van der Waals surface area contributed by atoms with Gasteiger partial charge in [-0.3, -0.25) is 9.59 Å². The summed E-state index contributed by atoms with van der Waals surface area (Å²) in [5, 5.41) is 19.5. The van der Waals surface area contributed by atoms with Crippen molar-refractivity contribution in [2.75, 3.05) is 6.61 Å². The van der Waals surface area contributed by atoms with Crippen molar-refractivity contribution in [1.29, 1.82) is 0 Å². The normalized spacial score (nSPS) is 21.4. The molecule has 0 aromatic rings. The second-order valence-electron chi connectivity index (χ2n) is 8.26. The summed E-state index contributed by atoms with van der Waals surface area (Å²) in [5.74, 6) is 0.0476. The van der Waals surface area contributed by atoms with Gasteiger partial charge in [0, 0.05) is 18.3 Å². The Morgan fingerprint density at radius 3 is 2.62 bits per heavy atom. The molecule has 0 aromatic carbocycles. The number of unbranched alkanes of at least 4 members (excludes halogenated alkanes) is 4. The Kier molecular flexibility index (Phi) is 12.7. The Morgan fingerprint density at radius 2 is 1.93 bits per heavy atom. The standard InChI is InChI=1S/C25H40O4/c1-3-5-6-11-18-25(29,4-2)19-12-13-21-16-17-24(28)23(21)15-10-8-7-9-14-22(27)20-26/h8,10,12-13,16-17,21,23,26,29H,3-7,9,11,14-15,18-20H2,1-2H3/t21-,23+,25?/m0/s1. The molecule has 1 unspecified atom stereocenters. The number of aliphatic hydroxyl groups is 2. The van der Waals surface area contributed by atoms with E-state index in [0.29, 0.717) is 19.3 Å². The third kappa shape index (κ3) is 10.2. The molecule has 0 heterocycles. The third-order valence-electron chi connectivity index (χ3n) is 5.88. The maximum absolute atomic E-state index is 12.2. The minimum atomic E-state index is -0.641. The van der Waals surface area contributed by atoms with Crippen LogP contribution >= 0.6 is 0 Å². The molecule has 2 N–H and O–H groups in total. The average Bonchev–Trinajstić information content (AvgIpc) is 3.07. The van der Waals surface area contributed by atoms with E-state index in [-0.39, 0.29) is 30.0 Å².